The zero-order valence-corrected chi connectivity index (χ0v) is 11.8. The predicted molar refractivity (Wildman–Crippen MR) is 68.9 cm³/mol. The molecule has 2 aliphatic rings. The maximum Gasteiger partial charge on any atom is 0.333 e. The summed E-state index contributed by atoms with van der Waals surface area (Å²) in [6.45, 7) is 7.62. The van der Waals surface area contributed by atoms with Crippen LogP contribution in [-0.2, 0) is 28.5 Å². The zero-order chi connectivity index (χ0) is 14.7. The van der Waals surface area contributed by atoms with Crippen molar-refractivity contribution in [3.63, 3.8) is 0 Å². The number of carbonyl (C=O) groups excluding carboxylic acids is 2. The van der Waals surface area contributed by atoms with Crippen LogP contribution in [0.1, 0.15) is 20.3 Å². The van der Waals surface area contributed by atoms with E-state index in [0.717, 1.165) is 0 Å². The van der Waals surface area contributed by atoms with Gasteiger partial charge in [0.15, 0.2) is 0 Å². The largest absolute Gasteiger partial charge is 0.460 e. The van der Waals surface area contributed by atoms with Crippen molar-refractivity contribution in [3.8, 4) is 0 Å². The molecular formula is C14H20O6. The first-order valence-electron chi connectivity index (χ1n) is 6.75. The van der Waals surface area contributed by atoms with E-state index in [2.05, 4.69) is 6.58 Å². The highest BCUT2D eigenvalue weighted by Gasteiger charge is 2.44. The van der Waals surface area contributed by atoms with Crippen LogP contribution in [-0.4, -0.2) is 50.1 Å². The van der Waals surface area contributed by atoms with E-state index >= 15 is 0 Å². The summed E-state index contributed by atoms with van der Waals surface area (Å²) in [6, 6.07) is 0. The van der Waals surface area contributed by atoms with Crippen LogP contribution >= 0.6 is 0 Å². The molecule has 0 saturated carbocycles. The SMILES string of the molecule is C=C(C)C(=O)OCCOC1C(C)OC(=O)C2COC1C2. The van der Waals surface area contributed by atoms with Crippen LogP contribution in [0, 0.1) is 5.92 Å². The Bertz CT molecular complexity index is 404. The van der Waals surface area contributed by atoms with Gasteiger partial charge in [-0.3, -0.25) is 4.79 Å². The lowest BCUT2D eigenvalue weighted by atomic mass is 10.0. The van der Waals surface area contributed by atoms with Crippen molar-refractivity contribution in [2.24, 2.45) is 5.92 Å². The number of esters is 2. The van der Waals surface area contributed by atoms with Crippen molar-refractivity contribution in [2.45, 2.75) is 38.6 Å². The lowest BCUT2D eigenvalue weighted by Crippen LogP contribution is -2.40. The summed E-state index contributed by atoms with van der Waals surface area (Å²) in [7, 11) is 0. The van der Waals surface area contributed by atoms with Crippen LogP contribution < -0.4 is 0 Å². The molecule has 2 saturated heterocycles. The van der Waals surface area contributed by atoms with Crippen LogP contribution in [0.3, 0.4) is 0 Å². The van der Waals surface area contributed by atoms with Crippen LogP contribution in [0.25, 0.3) is 0 Å². The fourth-order valence-corrected chi connectivity index (χ4v) is 2.38. The van der Waals surface area contributed by atoms with Crippen LogP contribution in [0.15, 0.2) is 12.2 Å². The lowest BCUT2D eigenvalue weighted by Gasteiger charge is -2.27. The molecule has 2 rings (SSSR count). The molecule has 20 heavy (non-hydrogen) atoms. The fourth-order valence-electron chi connectivity index (χ4n) is 2.38. The third kappa shape index (κ3) is 3.37. The standard InChI is InChI=1S/C14H20O6/c1-8(2)13(15)18-5-4-17-12-9(3)20-14(16)10-6-11(12)19-7-10/h9-12H,1,4-7H2,2-3H3. The first-order valence-corrected chi connectivity index (χ1v) is 6.75. The molecule has 4 unspecified atom stereocenters. The number of ether oxygens (including phenoxy) is 4. The molecule has 0 spiro atoms. The van der Waals surface area contributed by atoms with Crippen LogP contribution in [0.4, 0.5) is 0 Å². The molecule has 0 N–H and O–H groups in total. The summed E-state index contributed by atoms with van der Waals surface area (Å²) in [5.74, 6) is -0.844. The monoisotopic (exact) mass is 284 g/mol. The second-order valence-corrected chi connectivity index (χ2v) is 5.20. The van der Waals surface area contributed by atoms with Gasteiger partial charge in [-0.25, -0.2) is 4.79 Å². The van der Waals surface area contributed by atoms with Crippen molar-refractivity contribution < 1.29 is 28.5 Å². The molecule has 2 fully saturated rings. The molecule has 2 aliphatic heterocycles. The average molecular weight is 284 g/mol. The quantitative estimate of drug-likeness (QED) is 0.423. The van der Waals surface area contributed by atoms with E-state index in [4.69, 9.17) is 18.9 Å². The molecule has 0 radical (unpaired) electrons. The summed E-state index contributed by atoms with van der Waals surface area (Å²) in [5, 5.41) is 0. The Morgan fingerprint density at radius 3 is 2.90 bits per heavy atom. The Hall–Kier alpha value is -1.40. The van der Waals surface area contributed by atoms with Gasteiger partial charge >= 0.3 is 11.9 Å². The third-order valence-electron chi connectivity index (χ3n) is 3.47. The molecule has 6 heteroatoms. The van der Waals surface area contributed by atoms with Gasteiger partial charge in [0.1, 0.15) is 18.8 Å². The highest BCUT2D eigenvalue weighted by Crippen LogP contribution is 2.31. The number of rotatable bonds is 5. The Kier molecular flexibility index (Phi) is 4.77. The minimum atomic E-state index is -0.439. The molecular weight excluding hydrogens is 264 g/mol. The average Bonchev–Trinajstić information content (AvgIpc) is 2.83. The van der Waals surface area contributed by atoms with Gasteiger partial charge in [0.25, 0.3) is 0 Å². The molecule has 0 aromatic rings. The number of carbonyl (C=O) groups is 2. The van der Waals surface area contributed by atoms with Gasteiger partial charge in [-0.15, -0.1) is 0 Å². The van der Waals surface area contributed by atoms with Gasteiger partial charge in [0.2, 0.25) is 0 Å². The van der Waals surface area contributed by atoms with Crippen LogP contribution in [0.2, 0.25) is 0 Å². The topological polar surface area (TPSA) is 71.1 Å². The van der Waals surface area contributed by atoms with E-state index in [-0.39, 0.29) is 43.4 Å². The maximum absolute atomic E-state index is 11.7. The van der Waals surface area contributed by atoms with Gasteiger partial charge in [-0.1, -0.05) is 6.58 Å². The second-order valence-electron chi connectivity index (χ2n) is 5.20. The number of cyclic esters (lactones) is 1. The van der Waals surface area contributed by atoms with Gasteiger partial charge < -0.3 is 18.9 Å². The molecule has 112 valence electrons. The first kappa shape index (κ1) is 15.0. The molecule has 0 amide bonds. The molecule has 6 nitrogen and oxygen atoms in total. The van der Waals surface area contributed by atoms with Gasteiger partial charge in [0.05, 0.1) is 25.2 Å². The highest BCUT2D eigenvalue weighted by molar-refractivity contribution is 5.86. The van der Waals surface area contributed by atoms with Crippen LogP contribution in [0.5, 0.6) is 0 Å². The molecule has 4 atom stereocenters. The van der Waals surface area contributed by atoms with E-state index in [1.807, 2.05) is 0 Å². The van der Waals surface area contributed by atoms with E-state index in [1.54, 1.807) is 13.8 Å². The molecule has 2 bridgehead atoms. The summed E-state index contributed by atoms with van der Waals surface area (Å²) in [5.41, 5.74) is 0.351. The van der Waals surface area contributed by atoms with Crippen molar-refractivity contribution in [1.29, 1.82) is 0 Å². The Morgan fingerprint density at radius 1 is 1.45 bits per heavy atom. The van der Waals surface area contributed by atoms with Gasteiger partial charge in [0, 0.05) is 5.57 Å². The van der Waals surface area contributed by atoms with E-state index in [1.165, 1.54) is 0 Å². The minimum Gasteiger partial charge on any atom is -0.460 e. The lowest BCUT2D eigenvalue weighted by molar-refractivity contribution is -0.170. The second kappa shape index (κ2) is 6.37. The van der Waals surface area contributed by atoms with Crippen molar-refractivity contribution in [2.75, 3.05) is 19.8 Å². The van der Waals surface area contributed by atoms with Crippen molar-refractivity contribution >= 4 is 11.9 Å². The van der Waals surface area contributed by atoms with Crippen molar-refractivity contribution in [1.82, 2.24) is 0 Å². The molecule has 0 aromatic heterocycles. The number of hydrogen-bond donors (Lipinski definition) is 0. The normalized spacial score (nSPS) is 32.4. The molecule has 0 aromatic carbocycles. The fraction of sp³-hybridized carbons (Fsp3) is 0.714. The predicted octanol–water partition coefficient (Wildman–Crippen LogP) is 0.841. The van der Waals surface area contributed by atoms with Crippen molar-refractivity contribution in [3.05, 3.63) is 12.2 Å². The maximum atomic E-state index is 11.7. The Morgan fingerprint density at radius 2 is 2.20 bits per heavy atom. The summed E-state index contributed by atoms with van der Waals surface area (Å²) in [6.07, 6.45) is -0.206. The number of fused-ring (bicyclic) bond motifs is 2. The minimum absolute atomic E-state index is 0.138. The first-order chi connectivity index (χ1) is 9.49. The Labute approximate surface area is 118 Å². The number of hydrogen-bond acceptors (Lipinski definition) is 6. The van der Waals surface area contributed by atoms with E-state index in [0.29, 0.717) is 18.6 Å². The van der Waals surface area contributed by atoms with E-state index in [9.17, 15) is 9.59 Å². The Balaban J connectivity index is 1.80. The summed E-state index contributed by atoms with van der Waals surface area (Å²) in [4.78, 5) is 22.9. The third-order valence-corrected chi connectivity index (χ3v) is 3.47. The smallest absolute Gasteiger partial charge is 0.333 e. The summed E-state index contributed by atoms with van der Waals surface area (Å²) >= 11 is 0. The molecule has 0 aliphatic carbocycles. The highest BCUT2D eigenvalue weighted by atomic mass is 16.6. The molecule has 2 heterocycles. The van der Waals surface area contributed by atoms with Gasteiger partial charge in [-0.2, -0.15) is 0 Å². The van der Waals surface area contributed by atoms with Gasteiger partial charge in [-0.05, 0) is 20.3 Å². The zero-order valence-electron chi connectivity index (χ0n) is 11.8. The van der Waals surface area contributed by atoms with E-state index < -0.39 is 5.97 Å². The summed E-state index contributed by atoms with van der Waals surface area (Å²) < 4.78 is 21.5.